The summed E-state index contributed by atoms with van der Waals surface area (Å²) in [6, 6.07) is 16.0. The van der Waals surface area contributed by atoms with E-state index in [1.54, 1.807) is 24.3 Å². The largest absolute Gasteiger partial charge is 0.486 e. The quantitative estimate of drug-likeness (QED) is 0.684. The van der Waals surface area contributed by atoms with E-state index in [2.05, 4.69) is 15.9 Å². The topological polar surface area (TPSA) is 82.1 Å². The van der Waals surface area contributed by atoms with Crippen LogP contribution in [0.15, 0.2) is 70.4 Å². The first kappa shape index (κ1) is 20.1. The summed E-state index contributed by atoms with van der Waals surface area (Å²) in [7, 11) is 1.20. The van der Waals surface area contributed by atoms with Crippen molar-refractivity contribution in [1.29, 1.82) is 0 Å². The Morgan fingerprint density at radius 1 is 1.18 bits per heavy atom. The number of halogens is 1. The first-order chi connectivity index (χ1) is 13.4. The van der Waals surface area contributed by atoms with E-state index in [4.69, 9.17) is 14.2 Å². The van der Waals surface area contributed by atoms with Gasteiger partial charge in [-0.15, -0.1) is 0 Å². The number of hydrogen-bond acceptors (Lipinski definition) is 6. The Bertz CT molecular complexity index is 906. The summed E-state index contributed by atoms with van der Waals surface area (Å²) in [5, 5.41) is 11.3. The molecule has 28 heavy (non-hydrogen) atoms. The average molecular weight is 447 g/mol. The second-order valence-corrected chi connectivity index (χ2v) is 7.24. The Balaban J connectivity index is 2.00. The molecule has 0 saturated heterocycles. The Morgan fingerprint density at radius 3 is 2.43 bits per heavy atom. The minimum absolute atomic E-state index is 0.0975. The van der Waals surface area contributed by atoms with Crippen LogP contribution in [0.3, 0.4) is 0 Å². The zero-order valence-corrected chi connectivity index (χ0v) is 16.9. The fourth-order valence-corrected chi connectivity index (χ4v) is 3.32. The average Bonchev–Trinajstić information content (AvgIpc) is 2.91. The molecule has 0 fully saturated rings. The predicted molar refractivity (Wildman–Crippen MR) is 104 cm³/mol. The number of ether oxygens (including phenoxy) is 3. The second kappa shape index (κ2) is 8.16. The molecule has 1 aliphatic heterocycles. The fourth-order valence-electron chi connectivity index (χ4n) is 3.05. The van der Waals surface area contributed by atoms with Crippen LogP contribution in [0.2, 0.25) is 0 Å². The molecule has 0 bridgehead atoms. The third kappa shape index (κ3) is 3.81. The maximum Gasteiger partial charge on any atom is 0.340 e. The normalized spacial score (nSPS) is 19.9. The molecule has 6 nitrogen and oxygen atoms in total. The Hall–Kier alpha value is -2.64. The molecular formula is C21H19BrO6. The summed E-state index contributed by atoms with van der Waals surface area (Å²) < 4.78 is 16.7. The van der Waals surface area contributed by atoms with Gasteiger partial charge in [0.15, 0.2) is 11.7 Å². The van der Waals surface area contributed by atoms with Crippen LogP contribution in [0.4, 0.5) is 0 Å². The SMILES string of the molecule is COC(=O)C(c1ccc(Br)cc1)C1(O)OC(=O)C(C)=C1OCc1ccccc1. The van der Waals surface area contributed by atoms with Crippen LogP contribution < -0.4 is 0 Å². The van der Waals surface area contributed by atoms with Crippen LogP contribution in [0.5, 0.6) is 0 Å². The van der Waals surface area contributed by atoms with Gasteiger partial charge in [-0.05, 0) is 30.2 Å². The van der Waals surface area contributed by atoms with Crippen LogP contribution in [0, 0.1) is 0 Å². The van der Waals surface area contributed by atoms with Crippen molar-refractivity contribution >= 4 is 27.9 Å². The van der Waals surface area contributed by atoms with E-state index < -0.39 is 23.6 Å². The lowest BCUT2D eigenvalue weighted by atomic mass is 9.88. The summed E-state index contributed by atoms with van der Waals surface area (Å²) >= 11 is 3.33. The van der Waals surface area contributed by atoms with Crippen molar-refractivity contribution in [3.63, 3.8) is 0 Å². The predicted octanol–water partition coefficient (Wildman–Crippen LogP) is 3.44. The maximum absolute atomic E-state index is 12.6. The zero-order chi connectivity index (χ0) is 20.3. The third-order valence-corrected chi connectivity index (χ3v) is 5.01. The second-order valence-electron chi connectivity index (χ2n) is 6.32. The van der Waals surface area contributed by atoms with Gasteiger partial charge in [0.25, 0.3) is 5.79 Å². The number of rotatable bonds is 6. The maximum atomic E-state index is 12.6. The van der Waals surface area contributed by atoms with E-state index in [1.807, 2.05) is 30.3 Å². The summed E-state index contributed by atoms with van der Waals surface area (Å²) in [4.78, 5) is 24.8. The van der Waals surface area contributed by atoms with Crippen molar-refractivity contribution in [3.8, 4) is 0 Å². The van der Waals surface area contributed by atoms with Crippen LogP contribution in [0.25, 0.3) is 0 Å². The lowest BCUT2D eigenvalue weighted by Gasteiger charge is -2.31. The number of methoxy groups -OCH3 is 1. The van der Waals surface area contributed by atoms with Gasteiger partial charge in [-0.2, -0.15) is 0 Å². The van der Waals surface area contributed by atoms with Crippen molar-refractivity contribution in [2.75, 3.05) is 7.11 Å². The van der Waals surface area contributed by atoms with Crippen molar-refractivity contribution in [1.82, 2.24) is 0 Å². The van der Waals surface area contributed by atoms with Crippen LogP contribution in [-0.2, 0) is 30.4 Å². The molecule has 1 N–H and O–H groups in total. The highest BCUT2D eigenvalue weighted by Crippen LogP contribution is 2.43. The molecule has 2 aromatic rings. The van der Waals surface area contributed by atoms with Crippen LogP contribution in [-0.4, -0.2) is 29.9 Å². The molecule has 2 aromatic carbocycles. The Labute approximate surface area is 170 Å². The van der Waals surface area contributed by atoms with Gasteiger partial charge in [-0.3, -0.25) is 4.79 Å². The minimum Gasteiger partial charge on any atom is -0.486 e. The molecule has 0 amide bonds. The smallest absolute Gasteiger partial charge is 0.340 e. The number of carbonyl (C=O) groups is 2. The molecule has 1 heterocycles. The van der Waals surface area contributed by atoms with Gasteiger partial charge < -0.3 is 19.3 Å². The minimum atomic E-state index is -2.31. The van der Waals surface area contributed by atoms with Crippen molar-refractivity contribution in [2.24, 2.45) is 0 Å². The molecule has 0 spiro atoms. The lowest BCUT2D eigenvalue weighted by Crippen LogP contribution is -2.44. The highest BCUT2D eigenvalue weighted by molar-refractivity contribution is 9.10. The van der Waals surface area contributed by atoms with Gasteiger partial charge in [-0.25, -0.2) is 4.79 Å². The summed E-state index contributed by atoms with van der Waals surface area (Å²) in [6.45, 7) is 1.58. The van der Waals surface area contributed by atoms with E-state index in [1.165, 1.54) is 14.0 Å². The van der Waals surface area contributed by atoms with Crippen LogP contribution >= 0.6 is 15.9 Å². The van der Waals surface area contributed by atoms with Gasteiger partial charge in [-0.1, -0.05) is 58.4 Å². The number of hydrogen-bond donors (Lipinski definition) is 1. The number of aliphatic hydroxyl groups is 1. The summed E-state index contributed by atoms with van der Waals surface area (Å²) in [5.41, 5.74) is 1.35. The van der Waals surface area contributed by atoms with Crippen molar-refractivity contribution < 1.29 is 28.9 Å². The van der Waals surface area contributed by atoms with Crippen LogP contribution in [0.1, 0.15) is 24.0 Å². The Kier molecular flexibility index (Phi) is 5.86. The molecule has 0 saturated carbocycles. The Morgan fingerprint density at radius 2 is 1.82 bits per heavy atom. The van der Waals surface area contributed by atoms with Gasteiger partial charge in [0.2, 0.25) is 0 Å². The number of carbonyl (C=O) groups excluding carboxylic acids is 2. The van der Waals surface area contributed by atoms with Crippen molar-refractivity contribution in [2.45, 2.75) is 25.2 Å². The number of esters is 2. The first-order valence-corrected chi connectivity index (χ1v) is 9.33. The molecule has 2 atom stereocenters. The lowest BCUT2D eigenvalue weighted by molar-refractivity contribution is -0.207. The monoisotopic (exact) mass is 446 g/mol. The van der Waals surface area contributed by atoms with Gasteiger partial charge in [0.05, 0.1) is 12.7 Å². The molecule has 3 rings (SSSR count). The van der Waals surface area contributed by atoms with Gasteiger partial charge >= 0.3 is 11.9 Å². The van der Waals surface area contributed by atoms with Gasteiger partial charge in [0, 0.05) is 4.47 Å². The molecule has 2 unspecified atom stereocenters. The molecular weight excluding hydrogens is 428 g/mol. The number of benzene rings is 2. The van der Waals surface area contributed by atoms with E-state index in [0.29, 0.717) is 5.56 Å². The van der Waals surface area contributed by atoms with E-state index >= 15 is 0 Å². The molecule has 1 aliphatic rings. The fraction of sp³-hybridized carbons (Fsp3) is 0.238. The van der Waals surface area contributed by atoms with Gasteiger partial charge in [0.1, 0.15) is 6.61 Å². The van der Waals surface area contributed by atoms with Crippen molar-refractivity contribution in [3.05, 3.63) is 81.5 Å². The molecule has 0 aromatic heterocycles. The number of cyclic esters (lactones) is 1. The zero-order valence-electron chi connectivity index (χ0n) is 15.3. The first-order valence-electron chi connectivity index (χ1n) is 8.54. The molecule has 0 radical (unpaired) electrons. The van der Waals surface area contributed by atoms with E-state index in [9.17, 15) is 14.7 Å². The van der Waals surface area contributed by atoms with E-state index in [0.717, 1.165) is 10.0 Å². The summed E-state index contributed by atoms with van der Waals surface area (Å²) in [5.74, 6) is -5.22. The third-order valence-electron chi connectivity index (χ3n) is 4.48. The molecule has 7 heteroatoms. The molecule has 146 valence electrons. The standard InChI is InChI=1S/C21H19BrO6/c1-13-18(27-12-14-6-4-3-5-7-14)21(25,28-19(13)23)17(20(24)26-2)15-8-10-16(22)11-9-15/h3-11,17,25H,12H2,1-2H3. The molecule has 0 aliphatic carbocycles. The highest BCUT2D eigenvalue weighted by Gasteiger charge is 2.56. The highest BCUT2D eigenvalue weighted by atomic mass is 79.9. The summed E-state index contributed by atoms with van der Waals surface area (Å²) in [6.07, 6.45) is 0. The van der Waals surface area contributed by atoms with E-state index in [-0.39, 0.29) is 17.9 Å².